The Bertz CT molecular complexity index is 1340. The van der Waals surface area contributed by atoms with Crippen molar-refractivity contribution in [2.75, 3.05) is 20.6 Å². The van der Waals surface area contributed by atoms with Gasteiger partial charge in [0.1, 0.15) is 6.07 Å². The molecule has 7 heteroatoms. The van der Waals surface area contributed by atoms with Gasteiger partial charge >= 0.3 is 0 Å². The summed E-state index contributed by atoms with van der Waals surface area (Å²) in [6.07, 6.45) is 0. The van der Waals surface area contributed by atoms with Crippen LogP contribution in [-0.4, -0.2) is 46.1 Å². The van der Waals surface area contributed by atoms with Gasteiger partial charge in [0, 0.05) is 6.54 Å². The Kier molecular flexibility index (Phi) is 6.68. The van der Waals surface area contributed by atoms with Gasteiger partial charge in [-0.05, 0) is 57.3 Å². The van der Waals surface area contributed by atoms with Crippen molar-refractivity contribution >= 4 is 34.3 Å². The van der Waals surface area contributed by atoms with Crippen molar-refractivity contribution in [1.29, 1.82) is 5.26 Å². The quantitative estimate of drug-likeness (QED) is 0.412. The second-order valence-electron chi connectivity index (χ2n) is 8.31. The topological polar surface area (TPSA) is 73.4 Å². The number of nitriles is 1. The van der Waals surface area contributed by atoms with E-state index in [1.807, 2.05) is 80.9 Å². The predicted octanol–water partition coefficient (Wildman–Crippen LogP) is 4.57. The minimum absolute atomic E-state index is 0.0256. The first-order valence-electron chi connectivity index (χ1n) is 10.9. The number of amides is 1. The van der Waals surface area contributed by atoms with Crippen LogP contribution in [-0.2, 0) is 4.79 Å². The molecular formula is C26H27N5OS. The number of carbonyl (C=O) groups excluding carboxylic acids is 1. The van der Waals surface area contributed by atoms with E-state index in [2.05, 4.69) is 28.4 Å². The molecule has 2 aromatic carbocycles. The van der Waals surface area contributed by atoms with Crippen molar-refractivity contribution in [3.05, 3.63) is 77.4 Å². The number of likely N-dealkylation sites (N-methyl/N-ethyl adjacent to an activating group) is 1. The first-order chi connectivity index (χ1) is 15.9. The lowest BCUT2D eigenvalue weighted by Gasteiger charge is -2.25. The number of para-hydroxylation sites is 2. The van der Waals surface area contributed by atoms with Gasteiger partial charge in [-0.2, -0.15) is 5.26 Å². The fraction of sp³-hybridized carbons (Fsp3) is 0.269. The van der Waals surface area contributed by atoms with Crippen LogP contribution in [0, 0.1) is 18.3 Å². The average molecular weight is 458 g/mol. The number of hydrogen-bond acceptors (Lipinski definition) is 5. The zero-order chi connectivity index (χ0) is 23.5. The van der Waals surface area contributed by atoms with Crippen LogP contribution in [0.3, 0.4) is 0 Å². The van der Waals surface area contributed by atoms with E-state index in [1.165, 1.54) is 11.8 Å². The number of aryl methyl sites for hydroxylation is 1. The SMILES string of the molecule is Cc1cc(S[C@H](C)C(=O)NC[C@H](c2ccccc2)N(C)C)n2c(nc3ccccc32)c1C#N. The van der Waals surface area contributed by atoms with E-state index < -0.39 is 0 Å². The van der Waals surface area contributed by atoms with Gasteiger partial charge in [0.25, 0.3) is 0 Å². The molecule has 0 saturated carbocycles. The van der Waals surface area contributed by atoms with E-state index in [-0.39, 0.29) is 17.2 Å². The first-order valence-corrected chi connectivity index (χ1v) is 11.7. The molecule has 0 radical (unpaired) electrons. The fourth-order valence-electron chi connectivity index (χ4n) is 3.99. The third-order valence-corrected chi connectivity index (χ3v) is 6.90. The van der Waals surface area contributed by atoms with Gasteiger partial charge in [0.05, 0.1) is 32.9 Å². The number of rotatable bonds is 7. The molecule has 2 atom stereocenters. The summed E-state index contributed by atoms with van der Waals surface area (Å²) in [5.41, 5.74) is 4.96. The van der Waals surface area contributed by atoms with Gasteiger partial charge in [-0.1, -0.05) is 54.2 Å². The number of carbonyl (C=O) groups is 1. The molecule has 0 unspecified atom stereocenters. The molecule has 0 aliphatic rings. The van der Waals surface area contributed by atoms with Crippen LogP contribution in [0.5, 0.6) is 0 Å². The molecule has 0 spiro atoms. The molecule has 0 bridgehead atoms. The van der Waals surface area contributed by atoms with Gasteiger partial charge in [-0.3, -0.25) is 9.20 Å². The Morgan fingerprint density at radius 2 is 1.88 bits per heavy atom. The number of thioether (sulfide) groups is 1. The number of fused-ring (bicyclic) bond motifs is 3. The molecule has 2 heterocycles. The van der Waals surface area contributed by atoms with Gasteiger partial charge in [-0.25, -0.2) is 4.98 Å². The Morgan fingerprint density at radius 3 is 2.58 bits per heavy atom. The van der Waals surface area contributed by atoms with Crippen molar-refractivity contribution in [2.45, 2.75) is 30.2 Å². The minimum atomic E-state index is -0.319. The van der Waals surface area contributed by atoms with Crippen molar-refractivity contribution in [1.82, 2.24) is 19.6 Å². The summed E-state index contributed by atoms with van der Waals surface area (Å²) in [4.78, 5) is 19.8. The maximum absolute atomic E-state index is 13.0. The monoisotopic (exact) mass is 457 g/mol. The third kappa shape index (κ3) is 4.58. The highest BCUT2D eigenvalue weighted by Crippen LogP contribution is 2.31. The minimum Gasteiger partial charge on any atom is -0.353 e. The van der Waals surface area contributed by atoms with Crippen molar-refractivity contribution in [2.24, 2.45) is 0 Å². The van der Waals surface area contributed by atoms with E-state index in [1.54, 1.807) is 0 Å². The molecule has 0 aliphatic heterocycles. The fourth-order valence-corrected chi connectivity index (χ4v) is 5.08. The second-order valence-corrected chi connectivity index (χ2v) is 9.67. The number of nitrogens with one attached hydrogen (secondary N) is 1. The highest BCUT2D eigenvalue weighted by atomic mass is 32.2. The highest BCUT2D eigenvalue weighted by Gasteiger charge is 2.22. The van der Waals surface area contributed by atoms with Crippen LogP contribution in [0.25, 0.3) is 16.7 Å². The van der Waals surface area contributed by atoms with Crippen molar-refractivity contribution < 1.29 is 4.79 Å². The number of aromatic nitrogens is 2. The lowest BCUT2D eigenvalue weighted by Crippen LogP contribution is -2.38. The predicted molar refractivity (Wildman–Crippen MR) is 133 cm³/mol. The van der Waals surface area contributed by atoms with Crippen LogP contribution < -0.4 is 5.32 Å². The molecule has 4 rings (SSSR count). The first kappa shape index (κ1) is 22.8. The lowest BCUT2D eigenvalue weighted by atomic mass is 10.1. The number of hydrogen-bond donors (Lipinski definition) is 1. The van der Waals surface area contributed by atoms with E-state index in [9.17, 15) is 10.1 Å². The summed E-state index contributed by atoms with van der Waals surface area (Å²) in [6.45, 7) is 4.34. The number of pyridine rings is 1. The zero-order valence-electron chi connectivity index (χ0n) is 19.2. The van der Waals surface area contributed by atoms with E-state index in [0.717, 1.165) is 27.2 Å². The van der Waals surface area contributed by atoms with E-state index in [0.29, 0.717) is 17.8 Å². The van der Waals surface area contributed by atoms with Crippen LogP contribution in [0.1, 0.15) is 29.7 Å². The molecule has 33 heavy (non-hydrogen) atoms. The lowest BCUT2D eigenvalue weighted by molar-refractivity contribution is -0.120. The van der Waals surface area contributed by atoms with Crippen LogP contribution in [0.15, 0.2) is 65.7 Å². The summed E-state index contributed by atoms with van der Waals surface area (Å²) in [5, 5.41) is 13.4. The molecule has 0 saturated heterocycles. The van der Waals surface area contributed by atoms with Crippen LogP contribution >= 0.6 is 11.8 Å². The average Bonchev–Trinajstić information content (AvgIpc) is 3.19. The second kappa shape index (κ2) is 9.65. The van der Waals surface area contributed by atoms with Crippen molar-refractivity contribution in [3.8, 4) is 6.07 Å². The van der Waals surface area contributed by atoms with Gasteiger partial charge < -0.3 is 10.2 Å². The van der Waals surface area contributed by atoms with Crippen LogP contribution in [0.2, 0.25) is 0 Å². The van der Waals surface area contributed by atoms with Gasteiger partial charge in [0.2, 0.25) is 5.91 Å². The molecule has 4 aromatic rings. The molecule has 1 amide bonds. The van der Waals surface area contributed by atoms with Gasteiger partial charge in [0.15, 0.2) is 5.65 Å². The number of imidazole rings is 1. The van der Waals surface area contributed by atoms with Crippen LogP contribution in [0.4, 0.5) is 0 Å². The summed E-state index contributed by atoms with van der Waals surface area (Å²) in [5.74, 6) is -0.0256. The third-order valence-electron chi connectivity index (χ3n) is 5.79. The van der Waals surface area contributed by atoms with E-state index in [4.69, 9.17) is 4.98 Å². The molecule has 0 aliphatic carbocycles. The molecular weight excluding hydrogens is 430 g/mol. The summed E-state index contributed by atoms with van der Waals surface area (Å²) in [7, 11) is 4.03. The highest BCUT2D eigenvalue weighted by molar-refractivity contribution is 8.00. The van der Waals surface area contributed by atoms with Crippen molar-refractivity contribution in [3.63, 3.8) is 0 Å². The number of benzene rings is 2. The smallest absolute Gasteiger partial charge is 0.233 e. The molecule has 2 aromatic heterocycles. The maximum atomic E-state index is 13.0. The Labute approximate surface area is 198 Å². The largest absolute Gasteiger partial charge is 0.353 e. The zero-order valence-corrected chi connectivity index (χ0v) is 20.1. The number of nitrogens with zero attached hydrogens (tertiary/aromatic N) is 4. The Hall–Kier alpha value is -3.34. The molecule has 0 fully saturated rings. The summed E-state index contributed by atoms with van der Waals surface area (Å²) < 4.78 is 1.99. The molecule has 6 nitrogen and oxygen atoms in total. The van der Waals surface area contributed by atoms with E-state index >= 15 is 0 Å². The molecule has 168 valence electrons. The Balaban J connectivity index is 1.58. The summed E-state index contributed by atoms with van der Waals surface area (Å²) >= 11 is 1.48. The van der Waals surface area contributed by atoms with Gasteiger partial charge in [-0.15, -0.1) is 0 Å². The normalized spacial score (nSPS) is 13.2. The summed E-state index contributed by atoms with van der Waals surface area (Å²) in [6, 6.07) is 22.3. The molecule has 1 N–H and O–H groups in total. The standard InChI is InChI=1S/C26H27N5OS/c1-17-14-24(31-22-13-9-8-12-21(22)29-25(31)20(17)15-27)33-18(2)26(32)28-16-23(30(3)4)19-10-6-5-7-11-19/h5-14,18,23H,16H2,1-4H3,(H,28,32)/t18-,23-/m1/s1. The Morgan fingerprint density at radius 1 is 1.18 bits per heavy atom. The maximum Gasteiger partial charge on any atom is 0.233 e.